The number of nitrogens with two attached hydrogens (primary N) is 1. The van der Waals surface area contributed by atoms with E-state index in [0.29, 0.717) is 11.4 Å². The molecule has 0 aliphatic carbocycles. The van der Waals surface area contributed by atoms with Crippen LogP contribution in [0.5, 0.6) is 0 Å². The van der Waals surface area contributed by atoms with Crippen LogP contribution in [0.15, 0.2) is 6.20 Å². The van der Waals surface area contributed by atoms with Crippen molar-refractivity contribution < 1.29 is 4.79 Å². The predicted octanol–water partition coefficient (Wildman–Crippen LogP) is 1.02. The van der Waals surface area contributed by atoms with Crippen LogP contribution in [0.3, 0.4) is 0 Å². The lowest BCUT2D eigenvalue weighted by atomic mass is 10.2. The molecule has 0 atom stereocenters. The molecule has 0 aromatic carbocycles. The highest BCUT2D eigenvalue weighted by atomic mass is 16.2. The smallest absolute Gasteiger partial charge is 0.259 e. The Hall–Kier alpha value is -1.52. The van der Waals surface area contributed by atoms with E-state index in [1.807, 2.05) is 4.90 Å². The molecular weight excluding hydrogens is 204 g/mol. The Balaban J connectivity index is 2.14. The summed E-state index contributed by atoms with van der Waals surface area (Å²) < 4.78 is 1.58. The number of hydrogen-bond acceptors (Lipinski definition) is 3. The molecule has 1 saturated heterocycles. The molecule has 0 spiro atoms. The molecule has 1 aliphatic heterocycles. The topological polar surface area (TPSA) is 64.2 Å². The highest BCUT2D eigenvalue weighted by Gasteiger charge is 2.21. The second-order valence-corrected chi connectivity index (χ2v) is 4.31. The van der Waals surface area contributed by atoms with Gasteiger partial charge in [-0.15, -0.1) is 0 Å². The number of likely N-dealkylation sites (tertiary alicyclic amines) is 1. The van der Waals surface area contributed by atoms with Gasteiger partial charge in [-0.05, 0) is 12.8 Å². The lowest BCUT2D eigenvalue weighted by molar-refractivity contribution is 0.0762. The summed E-state index contributed by atoms with van der Waals surface area (Å²) in [5.41, 5.74) is 6.24. The molecule has 2 heterocycles. The van der Waals surface area contributed by atoms with Crippen LogP contribution < -0.4 is 5.73 Å². The van der Waals surface area contributed by atoms with Gasteiger partial charge in [-0.3, -0.25) is 9.48 Å². The van der Waals surface area contributed by atoms with E-state index in [0.717, 1.165) is 25.9 Å². The van der Waals surface area contributed by atoms with Crippen LogP contribution in [0.2, 0.25) is 0 Å². The van der Waals surface area contributed by atoms with Crippen molar-refractivity contribution in [3.63, 3.8) is 0 Å². The molecule has 1 amide bonds. The minimum atomic E-state index is 0.0208. The van der Waals surface area contributed by atoms with E-state index < -0.39 is 0 Å². The van der Waals surface area contributed by atoms with Gasteiger partial charge < -0.3 is 10.6 Å². The average molecular weight is 222 g/mol. The fourth-order valence-corrected chi connectivity index (χ4v) is 2.11. The molecule has 0 bridgehead atoms. The van der Waals surface area contributed by atoms with Crippen LogP contribution in [0.4, 0.5) is 5.82 Å². The number of rotatable bonds is 1. The van der Waals surface area contributed by atoms with E-state index in [2.05, 4.69) is 5.10 Å². The molecule has 0 unspecified atom stereocenters. The Morgan fingerprint density at radius 2 is 1.94 bits per heavy atom. The molecule has 2 N–H and O–H groups in total. The monoisotopic (exact) mass is 222 g/mol. The number of carbonyl (C=O) groups excluding carboxylic acids is 1. The van der Waals surface area contributed by atoms with Gasteiger partial charge in [0.25, 0.3) is 5.91 Å². The standard InChI is InChI=1S/C11H18N4O/c1-14-8-9(10(12)13-14)11(16)15-6-4-2-3-5-7-15/h8H,2-7H2,1H3,(H2,12,13). The maximum atomic E-state index is 12.2. The number of aryl methyl sites for hydroxylation is 1. The van der Waals surface area contributed by atoms with Gasteiger partial charge in [0.1, 0.15) is 5.56 Å². The quantitative estimate of drug-likeness (QED) is 0.771. The minimum absolute atomic E-state index is 0.0208. The maximum Gasteiger partial charge on any atom is 0.259 e. The highest BCUT2D eigenvalue weighted by molar-refractivity contribution is 5.98. The first kappa shape index (κ1) is 11.0. The van der Waals surface area contributed by atoms with Crippen LogP contribution >= 0.6 is 0 Å². The SMILES string of the molecule is Cn1cc(C(=O)N2CCCCCC2)c(N)n1. The van der Waals surface area contributed by atoms with Crippen LogP contribution in [0.25, 0.3) is 0 Å². The molecule has 88 valence electrons. The number of aromatic nitrogens is 2. The summed E-state index contributed by atoms with van der Waals surface area (Å²) in [5.74, 6) is 0.351. The second kappa shape index (κ2) is 4.55. The van der Waals surface area contributed by atoms with Crippen molar-refractivity contribution in [2.24, 2.45) is 7.05 Å². The van der Waals surface area contributed by atoms with Crippen molar-refractivity contribution in [3.05, 3.63) is 11.8 Å². The molecule has 0 radical (unpaired) electrons. The van der Waals surface area contributed by atoms with Gasteiger partial charge in [0, 0.05) is 26.3 Å². The normalized spacial score (nSPS) is 17.2. The number of anilines is 1. The summed E-state index contributed by atoms with van der Waals surface area (Å²) in [4.78, 5) is 14.1. The Kier molecular flexibility index (Phi) is 3.12. The fourth-order valence-electron chi connectivity index (χ4n) is 2.11. The summed E-state index contributed by atoms with van der Waals surface area (Å²) in [6.45, 7) is 1.68. The van der Waals surface area contributed by atoms with Gasteiger partial charge in [-0.1, -0.05) is 12.8 Å². The average Bonchev–Trinajstić information content (AvgIpc) is 2.49. The van der Waals surface area contributed by atoms with Gasteiger partial charge in [0.05, 0.1) is 0 Å². The first-order chi connectivity index (χ1) is 7.68. The fraction of sp³-hybridized carbons (Fsp3) is 0.636. The van der Waals surface area contributed by atoms with Crippen molar-refractivity contribution in [2.45, 2.75) is 25.7 Å². The van der Waals surface area contributed by atoms with E-state index in [1.54, 1.807) is 17.9 Å². The zero-order chi connectivity index (χ0) is 11.5. The van der Waals surface area contributed by atoms with Gasteiger partial charge in [0.2, 0.25) is 0 Å². The molecule has 0 saturated carbocycles. The molecular formula is C11H18N4O. The third-order valence-corrected chi connectivity index (χ3v) is 2.98. The molecule has 1 aromatic rings. The molecule has 16 heavy (non-hydrogen) atoms. The van der Waals surface area contributed by atoms with Crippen LogP contribution in [-0.4, -0.2) is 33.7 Å². The van der Waals surface area contributed by atoms with Crippen LogP contribution in [-0.2, 0) is 7.05 Å². The number of carbonyl (C=O) groups is 1. The van der Waals surface area contributed by atoms with Crippen molar-refractivity contribution in [1.82, 2.24) is 14.7 Å². The first-order valence-corrected chi connectivity index (χ1v) is 5.77. The molecule has 5 heteroatoms. The molecule has 1 aromatic heterocycles. The summed E-state index contributed by atoms with van der Waals surface area (Å²) >= 11 is 0. The van der Waals surface area contributed by atoms with Crippen molar-refractivity contribution >= 4 is 11.7 Å². The summed E-state index contributed by atoms with van der Waals surface area (Å²) in [5, 5.41) is 4.00. The Bertz CT molecular complexity index is 377. The molecule has 1 aliphatic rings. The largest absolute Gasteiger partial charge is 0.382 e. The Morgan fingerprint density at radius 3 is 2.44 bits per heavy atom. The van der Waals surface area contributed by atoms with E-state index in [1.165, 1.54) is 12.8 Å². The first-order valence-electron chi connectivity index (χ1n) is 5.77. The zero-order valence-corrected chi connectivity index (χ0v) is 9.65. The molecule has 2 rings (SSSR count). The van der Waals surface area contributed by atoms with E-state index in [9.17, 15) is 4.79 Å². The maximum absolute atomic E-state index is 12.2. The Labute approximate surface area is 95.2 Å². The lowest BCUT2D eigenvalue weighted by Crippen LogP contribution is -2.32. The van der Waals surface area contributed by atoms with Crippen LogP contribution in [0, 0.1) is 0 Å². The van der Waals surface area contributed by atoms with Crippen molar-refractivity contribution in [1.29, 1.82) is 0 Å². The number of nitrogen functional groups attached to an aromatic ring is 1. The van der Waals surface area contributed by atoms with E-state index in [4.69, 9.17) is 5.73 Å². The number of hydrogen-bond donors (Lipinski definition) is 1. The van der Waals surface area contributed by atoms with Gasteiger partial charge in [-0.2, -0.15) is 5.10 Å². The second-order valence-electron chi connectivity index (χ2n) is 4.31. The summed E-state index contributed by atoms with van der Waals surface area (Å²) in [6.07, 6.45) is 6.30. The number of amides is 1. The molecule has 1 fully saturated rings. The summed E-state index contributed by atoms with van der Waals surface area (Å²) in [6, 6.07) is 0. The van der Waals surface area contributed by atoms with Crippen LogP contribution in [0.1, 0.15) is 36.0 Å². The Morgan fingerprint density at radius 1 is 1.31 bits per heavy atom. The van der Waals surface area contributed by atoms with Gasteiger partial charge in [-0.25, -0.2) is 0 Å². The minimum Gasteiger partial charge on any atom is -0.382 e. The van der Waals surface area contributed by atoms with Gasteiger partial charge in [0.15, 0.2) is 5.82 Å². The van der Waals surface area contributed by atoms with E-state index >= 15 is 0 Å². The lowest BCUT2D eigenvalue weighted by Gasteiger charge is -2.19. The third-order valence-electron chi connectivity index (χ3n) is 2.98. The van der Waals surface area contributed by atoms with E-state index in [-0.39, 0.29) is 5.91 Å². The van der Waals surface area contributed by atoms with Gasteiger partial charge >= 0.3 is 0 Å². The zero-order valence-electron chi connectivity index (χ0n) is 9.65. The predicted molar refractivity (Wildman–Crippen MR) is 62.0 cm³/mol. The number of nitrogens with zero attached hydrogens (tertiary/aromatic N) is 3. The van der Waals surface area contributed by atoms with Crippen molar-refractivity contribution in [3.8, 4) is 0 Å². The summed E-state index contributed by atoms with van der Waals surface area (Å²) in [7, 11) is 1.77. The third kappa shape index (κ3) is 2.18. The molecule has 5 nitrogen and oxygen atoms in total. The van der Waals surface area contributed by atoms with Crippen molar-refractivity contribution in [2.75, 3.05) is 18.8 Å². The highest BCUT2D eigenvalue weighted by Crippen LogP contribution is 2.16.